The summed E-state index contributed by atoms with van der Waals surface area (Å²) >= 11 is 0. The molecule has 1 amide bonds. The molecule has 1 aliphatic heterocycles. The van der Waals surface area contributed by atoms with Crippen molar-refractivity contribution < 1.29 is 9.53 Å². The Hall–Kier alpha value is -1.47. The summed E-state index contributed by atoms with van der Waals surface area (Å²) in [6.45, 7) is 9.53. The van der Waals surface area contributed by atoms with Gasteiger partial charge in [-0.2, -0.15) is 5.10 Å². The molecule has 4 bridgehead atoms. The average molecular weight is 402 g/mol. The first-order chi connectivity index (χ1) is 14.0. The van der Waals surface area contributed by atoms with Gasteiger partial charge in [0.2, 0.25) is 5.91 Å². The van der Waals surface area contributed by atoms with E-state index in [-0.39, 0.29) is 17.1 Å². The molecule has 4 saturated carbocycles. The molecule has 6 rings (SSSR count). The summed E-state index contributed by atoms with van der Waals surface area (Å²) in [7, 11) is 0. The average Bonchev–Trinajstić information content (AvgIpc) is 3.22. The zero-order valence-corrected chi connectivity index (χ0v) is 17.9. The number of hydrogen-bond acceptors (Lipinski definition) is 5. The van der Waals surface area contributed by atoms with Crippen molar-refractivity contribution in [3.8, 4) is 0 Å². The van der Waals surface area contributed by atoms with Crippen molar-refractivity contribution in [1.29, 1.82) is 0 Å². The lowest BCUT2D eigenvalue weighted by atomic mass is 9.46. The van der Waals surface area contributed by atoms with E-state index in [4.69, 9.17) is 4.74 Å². The van der Waals surface area contributed by atoms with Crippen molar-refractivity contribution in [2.24, 2.45) is 17.3 Å². The van der Waals surface area contributed by atoms with Crippen LogP contribution in [0.2, 0.25) is 0 Å². The van der Waals surface area contributed by atoms with Gasteiger partial charge in [0.05, 0.1) is 23.7 Å². The minimum Gasteiger partial charge on any atom is -0.377 e. The molecule has 5 aliphatic rings. The van der Waals surface area contributed by atoms with Crippen LogP contribution in [0.3, 0.4) is 0 Å². The molecule has 1 aromatic heterocycles. The number of carbonyl (C=O) groups is 1. The van der Waals surface area contributed by atoms with Crippen LogP contribution in [0.25, 0.3) is 0 Å². The Kier molecular flexibility index (Phi) is 4.93. The van der Waals surface area contributed by atoms with Gasteiger partial charge in [-0.3, -0.25) is 9.69 Å². The van der Waals surface area contributed by atoms with Crippen LogP contribution >= 0.6 is 0 Å². The van der Waals surface area contributed by atoms with E-state index in [9.17, 15) is 4.79 Å². The number of rotatable bonds is 6. The molecule has 7 nitrogen and oxygen atoms in total. The zero-order chi connectivity index (χ0) is 20.1. The summed E-state index contributed by atoms with van der Waals surface area (Å²) < 4.78 is 7.79. The molecule has 1 saturated heterocycles. The second kappa shape index (κ2) is 7.34. The van der Waals surface area contributed by atoms with E-state index in [1.807, 2.05) is 6.33 Å². The van der Waals surface area contributed by atoms with Crippen molar-refractivity contribution in [3.63, 3.8) is 0 Å². The maximum Gasteiger partial charge on any atom is 0.228 e. The van der Waals surface area contributed by atoms with Gasteiger partial charge in [-0.25, -0.2) is 9.67 Å². The van der Waals surface area contributed by atoms with Crippen LogP contribution in [-0.4, -0.2) is 75.9 Å². The molecule has 5 fully saturated rings. The molecular weight excluding hydrogens is 366 g/mol. The molecule has 160 valence electrons. The molecule has 29 heavy (non-hydrogen) atoms. The molecule has 0 N–H and O–H groups in total. The second-order valence-corrected chi connectivity index (χ2v) is 10.4. The number of piperazine rings is 1. The Labute approximate surface area is 173 Å². The zero-order valence-electron chi connectivity index (χ0n) is 17.9. The smallest absolute Gasteiger partial charge is 0.228 e. The molecule has 2 unspecified atom stereocenters. The van der Waals surface area contributed by atoms with E-state index in [1.165, 1.54) is 19.3 Å². The van der Waals surface area contributed by atoms with Gasteiger partial charge in [-0.15, -0.1) is 0 Å². The highest BCUT2D eigenvalue weighted by Gasteiger charge is 2.62. The van der Waals surface area contributed by atoms with Crippen molar-refractivity contribution in [3.05, 3.63) is 12.7 Å². The maximum absolute atomic E-state index is 13.8. The molecule has 2 atom stereocenters. The summed E-state index contributed by atoms with van der Waals surface area (Å²) in [5.41, 5.74) is -0.148. The molecule has 1 aromatic rings. The van der Waals surface area contributed by atoms with E-state index in [2.05, 4.69) is 38.4 Å². The lowest BCUT2D eigenvalue weighted by molar-refractivity contribution is -0.168. The fourth-order valence-corrected chi connectivity index (χ4v) is 7.11. The first-order valence-electron chi connectivity index (χ1n) is 11.5. The van der Waals surface area contributed by atoms with Crippen LogP contribution in [0.5, 0.6) is 0 Å². The summed E-state index contributed by atoms with van der Waals surface area (Å²) in [4.78, 5) is 22.6. The van der Waals surface area contributed by atoms with Gasteiger partial charge in [-0.05, 0) is 64.2 Å². The standard InChI is InChI=1S/C22H35N5O2/c1-17(2)29-8-7-25-3-5-26(6-4-25)20(28)21-10-18-9-19(11-21)13-22(12-18,14-21)27-16-23-15-24-27/h15-19H,3-14H2,1-2H3. The van der Waals surface area contributed by atoms with Crippen LogP contribution in [-0.2, 0) is 15.1 Å². The number of hydrogen-bond donors (Lipinski definition) is 0. The lowest BCUT2D eigenvalue weighted by Gasteiger charge is -2.61. The number of amides is 1. The van der Waals surface area contributed by atoms with Crippen LogP contribution < -0.4 is 0 Å². The normalized spacial score (nSPS) is 36.9. The van der Waals surface area contributed by atoms with Gasteiger partial charge in [0.25, 0.3) is 0 Å². The Morgan fingerprint density at radius 1 is 1.14 bits per heavy atom. The quantitative estimate of drug-likeness (QED) is 0.731. The van der Waals surface area contributed by atoms with Gasteiger partial charge in [-0.1, -0.05) is 0 Å². The predicted molar refractivity (Wildman–Crippen MR) is 109 cm³/mol. The van der Waals surface area contributed by atoms with Gasteiger partial charge in [0, 0.05) is 32.7 Å². The van der Waals surface area contributed by atoms with Crippen LogP contribution in [0.15, 0.2) is 12.7 Å². The van der Waals surface area contributed by atoms with E-state index in [1.54, 1.807) is 6.33 Å². The molecular formula is C22H35N5O2. The third-order valence-electron chi connectivity index (χ3n) is 7.91. The highest BCUT2D eigenvalue weighted by atomic mass is 16.5. The van der Waals surface area contributed by atoms with E-state index >= 15 is 0 Å². The predicted octanol–water partition coefficient (Wildman–Crippen LogP) is 2.14. The highest BCUT2D eigenvalue weighted by molar-refractivity contribution is 5.83. The minimum absolute atomic E-state index is 0.0201. The molecule has 7 heteroatoms. The van der Waals surface area contributed by atoms with Crippen molar-refractivity contribution in [1.82, 2.24) is 24.6 Å². The fraction of sp³-hybridized carbons (Fsp3) is 0.864. The third-order valence-corrected chi connectivity index (χ3v) is 7.91. The second-order valence-electron chi connectivity index (χ2n) is 10.4. The van der Waals surface area contributed by atoms with Crippen LogP contribution in [0, 0.1) is 17.3 Å². The third kappa shape index (κ3) is 3.50. The van der Waals surface area contributed by atoms with Gasteiger partial charge in [0.15, 0.2) is 0 Å². The number of ether oxygens (including phenoxy) is 1. The molecule has 2 heterocycles. The Balaban J connectivity index is 1.26. The molecule has 4 aliphatic carbocycles. The van der Waals surface area contributed by atoms with E-state index < -0.39 is 0 Å². The Morgan fingerprint density at radius 2 is 1.86 bits per heavy atom. The topological polar surface area (TPSA) is 63.5 Å². The Morgan fingerprint density at radius 3 is 2.48 bits per heavy atom. The summed E-state index contributed by atoms with van der Waals surface area (Å²) in [6.07, 6.45) is 10.6. The lowest BCUT2D eigenvalue weighted by Crippen LogP contribution is -2.63. The largest absolute Gasteiger partial charge is 0.377 e. The summed E-state index contributed by atoms with van der Waals surface area (Å²) in [6, 6.07) is 0. The Bertz CT molecular complexity index is 712. The van der Waals surface area contributed by atoms with Crippen LogP contribution in [0.1, 0.15) is 52.4 Å². The molecule has 0 aromatic carbocycles. The van der Waals surface area contributed by atoms with Gasteiger partial charge in [0.1, 0.15) is 12.7 Å². The van der Waals surface area contributed by atoms with Crippen molar-refractivity contribution >= 4 is 5.91 Å². The fourth-order valence-electron chi connectivity index (χ4n) is 7.11. The highest BCUT2D eigenvalue weighted by Crippen LogP contribution is 2.64. The van der Waals surface area contributed by atoms with Crippen molar-refractivity contribution in [2.45, 2.75) is 64.0 Å². The SMILES string of the molecule is CC(C)OCCN1CCN(C(=O)C23CC4CC(C2)CC(n2cncn2)(C4)C3)CC1. The maximum atomic E-state index is 13.8. The van der Waals surface area contributed by atoms with Crippen LogP contribution in [0.4, 0.5) is 0 Å². The number of carbonyl (C=O) groups excluding carboxylic acids is 1. The molecule has 0 radical (unpaired) electrons. The minimum atomic E-state index is -0.168. The summed E-state index contributed by atoms with van der Waals surface area (Å²) in [5, 5.41) is 4.52. The first-order valence-corrected chi connectivity index (χ1v) is 11.5. The number of aromatic nitrogens is 3. The summed E-state index contributed by atoms with van der Waals surface area (Å²) in [5.74, 6) is 1.76. The van der Waals surface area contributed by atoms with E-state index in [0.29, 0.717) is 17.7 Å². The van der Waals surface area contributed by atoms with Gasteiger partial charge >= 0.3 is 0 Å². The first kappa shape index (κ1) is 19.5. The molecule has 0 spiro atoms. The van der Waals surface area contributed by atoms with Crippen molar-refractivity contribution in [2.75, 3.05) is 39.3 Å². The number of nitrogens with zero attached hydrogens (tertiary/aromatic N) is 5. The monoisotopic (exact) mass is 401 g/mol. The van der Waals surface area contributed by atoms with Gasteiger partial charge < -0.3 is 9.64 Å². The van der Waals surface area contributed by atoms with E-state index in [0.717, 1.165) is 58.6 Å².